The van der Waals surface area contributed by atoms with Gasteiger partial charge in [0.05, 0.1) is 22.2 Å². The molecule has 0 N–H and O–H groups in total. The second-order valence-corrected chi connectivity index (χ2v) is 12.8. The van der Waals surface area contributed by atoms with Crippen molar-refractivity contribution in [2.45, 2.75) is 31.5 Å². The molecule has 2 fully saturated rings. The van der Waals surface area contributed by atoms with E-state index in [9.17, 15) is 0 Å². The molecule has 2 atom stereocenters. The van der Waals surface area contributed by atoms with E-state index >= 15 is 0 Å². The van der Waals surface area contributed by atoms with Gasteiger partial charge >= 0.3 is 0 Å². The van der Waals surface area contributed by atoms with Crippen LogP contribution >= 0.6 is 95.6 Å². The first-order chi connectivity index (χ1) is 14.6. The summed E-state index contributed by atoms with van der Waals surface area (Å²) in [4.78, 5) is 0. The summed E-state index contributed by atoms with van der Waals surface area (Å²) < 4.78 is 27.9. The minimum Gasteiger partial charge on any atom is -0.490 e. The Balaban J connectivity index is 1.71. The topological polar surface area (TPSA) is 43.5 Å². The molecule has 4 nitrogen and oxygen atoms in total. The molecule has 2 heterocycles. The lowest BCUT2D eigenvalue weighted by Crippen LogP contribution is -2.22. The predicted molar refractivity (Wildman–Crippen MR) is 142 cm³/mol. The zero-order valence-electron chi connectivity index (χ0n) is 16.5. The molecular formula is C21H18Br6O4. The number of halogens is 6. The van der Waals surface area contributed by atoms with Crippen LogP contribution in [0.2, 0.25) is 0 Å². The minimum absolute atomic E-state index is 0.192. The Bertz CT molecular complexity index is 938. The molecule has 2 unspecified atom stereocenters. The zero-order valence-corrected chi connectivity index (χ0v) is 26.1. The Labute approximate surface area is 231 Å². The molecular weight excluding hydrogens is 796 g/mol. The molecule has 2 aromatic carbocycles. The number of hydrogen-bond donors (Lipinski definition) is 0. The number of rotatable bonds is 8. The molecule has 2 aliphatic rings. The monoisotopic (exact) mass is 808 g/mol. The smallest absolute Gasteiger partial charge is 0.135 e. The highest BCUT2D eigenvalue weighted by atomic mass is 79.9. The third-order valence-electron chi connectivity index (χ3n) is 5.15. The maximum absolute atomic E-state index is 5.94. The molecule has 4 rings (SSSR count). The second kappa shape index (κ2) is 9.84. The summed E-state index contributed by atoms with van der Waals surface area (Å²) >= 11 is 22.6. The van der Waals surface area contributed by atoms with Crippen LogP contribution in [0.3, 0.4) is 0 Å². The van der Waals surface area contributed by atoms with Crippen LogP contribution in [0.1, 0.15) is 25.0 Å². The summed E-state index contributed by atoms with van der Waals surface area (Å²) in [5, 5.41) is 0. The van der Waals surface area contributed by atoms with Crippen LogP contribution in [-0.2, 0) is 14.9 Å². The van der Waals surface area contributed by atoms with Crippen molar-refractivity contribution in [1.82, 2.24) is 0 Å². The van der Waals surface area contributed by atoms with Crippen LogP contribution in [0.25, 0.3) is 0 Å². The summed E-state index contributed by atoms with van der Waals surface area (Å²) in [5.41, 5.74) is 1.78. The van der Waals surface area contributed by atoms with Gasteiger partial charge in [0.1, 0.15) is 36.9 Å². The molecule has 10 heteroatoms. The molecule has 0 aromatic heterocycles. The molecule has 0 saturated carbocycles. The molecule has 2 aromatic rings. The van der Waals surface area contributed by atoms with Gasteiger partial charge in [-0.3, -0.25) is 0 Å². The van der Waals surface area contributed by atoms with E-state index in [1.807, 2.05) is 12.1 Å². The van der Waals surface area contributed by atoms with Crippen molar-refractivity contribution in [3.8, 4) is 11.5 Å². The summed E-state index contributed by atoms with van der Waals surface area (Å²) in [7, 11) is 0. The second-order valence-electron chi connectivity index (χ2n) is 7.88. The van der Waals surface area contributed by atoms with Crippen molar-refractivity contribution >= 4 is 95.6 Å². The highest BCUT2D eigenvalue weighted by molar-refractivity contribution is 9.13. The van der Waals surface area contributed by atoms with Gasteiger partial charge in [0.25, 0.3) is 0 Å². The van der Waals surface area contributed by atoms with Crippen LogP contribution in [0.4, 0.5) is 0 Å². The zero-order chi connectivity index (χ0) is 22.5. The normalized spacial score (nSPS) is 20.0. The van der Waals surface area contributed by atoms with Gasteiger partial charge in [-0.25, -0.2) is 0 Å². The van der Waals surface area contributed by atoms with Crippen LogP contribution < -0.4 is 9.47 Å². The largest absolute Gasteiger partial charge is 0.490 e. The van der Waals surface area contributed by atoms with Crippen molar-refractivity contribution in [2.24, 2.45) is 0 Å². The highest BCUT2D eigenvalue weighted by Crippen LogP contribution is 2.52. The molecule has 0 radical (unpaired) electrons. The average Bonchev–Trinajstić information content (AvgIpc) is 3.59. The van der Waals surface area contributed by atoms with E-state index in [1.165, 1.54) is 0 Å². The van der Waals surface area contributed by atoms with Crippen molar-refractivity contribution < 1.29 is 18.9 Å². The van der Waals surface area contributed by atoms with Crippen LogP contribution in [0.5, 0.6) is 11.5 Å². The van der Waals surface area contributed by atoms with Gasteiger partial charge in [0.15, 0.2) is 0 Å². The first kappa shape index (κ1) is 24.9. The van der Waals surface area contributed by atoms with Crippen LogP contribution in [-0.4, -0.2) is 38.6 Å². The standard InChI is InChI=1S/C21H18Br6O4/c1-21(2,15-11(22)3-13(17(24)19(15)26)30-7-9-5-28-9)16-12(23)4-14(18(25)20(16)27)31-8-10-6-29-10/h3-4,9-10H,5-8H2,1-2H3. The lowest BCUT2D eigenvalue weighted by Gasteiger charge is -2.32. The molecule has 0 spiro atoms. The average molecular weight is 814 g/mol. The Morgan fingerprint density at radius 3 is 1.42 bits per heavy atom. The first-order valence-electron chi connectivity index (χ1n) is 9.46. The van der Waals surface area contributed by atoms with E-state index in [0.29, 0.717) is 13.2 Å². The fourth-order valence-corrected chi connectivity index (χ4v) is 8.32. The van der Waals surface area contributed by atoms with Gasteiger partial charge in [-0.2, -0.15) is 0 Å². The summed E-state index contributed by atoms with van der Waals surface area (Å²) in [6.45, 7) is 6.96. The van der Waals surface area contributed by atoms with Crippen molar-refractivity contribution in [1.29, 1.82) is 0 Å². The number of hydrogen-bond acceptors (Lipinski definition) is 4. The lowest BCUT2D eigenvalue weighted by atomic mass is 9.78. The van der Waals surface area contributed by atoms with Gasteiger partial charge in [0.2, 0.25) is 0 Å². The lowest BCUT2D eigenvalue weighted by molar-refractivity contribution is 0.261. The maximum atomic E-state index is 5.94. The number of ether oxygens (including phenoxy) is 4. The summed E-state index contributed by atoms with van der Waals surface area (Å²) in [5.74, 6) is 1.53. The predicted octanol–water partition coefficient (Wildman–Crippen LogP) is 8.14. The molecule has 0 bridgehead atoms. The highest BCUT2D eigenvalue weighted by Gasteiger charge is 2.35. The molecule has 2 aliphatic heterocycles. The maximum Gasteiger partial charge on any atom is 0.135 e. The fraction of sp³-hybridized carbons (Fsp3) is 0.429. The van der Waals surface area contributed by atoms with Gasteiger partial charge in [-0.1, -0.05) is 45.7 Å². The molecule has 0 amide bonds. The van der Waals surface area contributed by atoms with E-state index < -0.39 is 5.41 Å². The molecule has 31 heavy (non-hydrogen) atoms. The Morgan fingerprint density at radius 2 is 1.10 bits per heavy atom. The van der Waals surface area contributed by atoms with E-state index in [0.717, 1.165) is 62.7 Å². The van der Waals surface area contributed by atoms with E-state index in [1.54, 1.807) is 0 Å². The van der Waals surface area contributed by atoms with E-state index in [2.05, 4.69) is 109 Å². The molecule has 168 valence electrons. The number of benzene rings is 2. The van der Waals surface area contributed by atoms with Gasteiger partial charge < -0.3 is 18.9 Å². The van der Waals surface area contributed by atoms with Crippen LogP contribution in [0.15, 0.2) is 39.0 Å². The summed E-state index contributed by atoms with van der Waals surface area (Å²) in [6.07, 6.45) is 0.383. The Kier molecular flexibility index (Phi) is 7.92. The van der Waals surface area contributed by atoms with E-state index in [-0.39, 0.29) is 12.2 Å². The quantitative estimate of drug-likeness (QED) is 0.200. The Hall–Kier alpha value is 0.840. The number of epoxide rings is 2. The minimum atomic E-state index is -0.392. The SMILES string of the molecule is CC(C)(c1c(Br)cc(OCC2CO2)c(Br)c1Br)c1c(Br)cc(OCC2CO2)c(Br)c1Br. The van der Waals surface area contributed by atoms with Gasteiger partial charge in [0, 0.05) is 23.3 Å². The van der Waals surface area contributed by atoms with Gasteiger partial charge in [-0.05, 0) is 87.0 Å². The van der Waals surface area contributed by atoms with Crippen molar-refractivity contribution in [3.05, 3.63) is 50.1 Å². The van der Waals surface area contributed by atoms with Gasteiger partial charge in [-0.15, -0.1) is 0 Å². The third-order valence-corrected chi connectivity index (χ3v) is 10.6. The summed E-state index contributed by atoms with van der Waals surface area (Å²) in [6, 6.07) is 4.00. The van der Waals surface area contributed by atoms with Crippen molar-refractivity contribution in [3.63, 3.8) is 0 Å². The van der Waals surface area contributed by atoms with Crippen LogP contribution in [0, 0.1) is 0 Å². The van der Waals surface area contributed by atoms with E-state index in [4.69, 9.17) is 18.9 Å². The fourth-order valence-electron chi connectivity index (χ4n) is 3.32. The third kappa shape index (κ3) is 5.41. The molecule has 2 saturated heterocycles. The Morgan fingerprint density at radius 1 is 0.742 bits per heavy atom. The van der Waals surface area contributed by atoms with Crippen molar-refractivity contribution in [2.75, 3.05) is 26.4 Å². The molecule has 0 aliphatic carbocycles. The first-order valence-corrected chi connectivity index (χ1v) is 14.2.